The number of pyridine rings is 2. The van der Waals surface area contributed by atoms with E-state index in [1.165, 1.54) is 30.9 Å². The number of carbonyl (C=O) groups is 2. The van der Waals surface area contributed by atoms with Gasteiger partial charge in [0.1, 0.15) is 0 Å². The number of hydrogen-bond donors (Lipinski definition) is 1. The second-order valence-corrected chi connectivity index (χ2v) is 3.33. The molecule has 5 nitrogen and oxygen atoms in total. The largest absolute Gasteiger partial charge is 0.478 e. The van der Waals surface area contributed by atoms with Gasteiger partial charge in [-0.3, -0.25) is 14.8 Å². The van der Waals surface area contributed by atoms with Gasteiger partial charge in [-0.25, -0.2) is 4.79 Å². The van der Waals surface area contributed by atoms with Crippen LogP contribution in [-0.2, 0) is 0 Å². The Balaban J connectivity index is 2.38. The molecule has 0 saturated heterocycles. The van der Waals surface area contributed by atoms with E-state index < -0.39 is 5.97 Å². The molecule has 0 aromatic carbocycles. The summed E-state index contributed by atoms with van der Waals surface area (Å²) in [5.41, 5.74) is 0.686. The van der Waals surface area contributed by atoms with E-state index >= 15 is 0 Å². The summed E-state index contributed by atoms with van der Waals surface area (Å²) in [7, 11) is 0. The fourth-order valence-corrected chi connectivity index (χ4v) is 1.35. The molecule has 0 radical (unpaired) electrons. The van der Waals surface area contributed by atoms with Gasteiger partial charge in [0.25, 0.3) is 0 Å². The summed E-state index contributed by atoms with van der Waals surface area (Å²) in [5.74, 6) is -1.38. The Bertz CT molecular complexity index is 567. The molecule has 0 fully saturated rings. The second kappa shape index (κ2) is 4.52. The number of carboxylic acid groups (broad SMARTS) is 1. The smallest absolute Gasteiger partial charge is 0.337 e. The summed E-state index contributed by atoms with van der Waals surface area (Å²) < 4.78 is 0. The van der Waals surface area contributed by atoms with Crippen LogP contribution in [0.3, 0.4) is 0 Å². The summed E-state index contributed by atoms with van der Waals surface area (Å²) in [6.07, 6.45) is 5.55. The average Bonchev–Trinajstić information content (AvgIpc) is 2.39. The first-order chi connectivity index (χ1) is 8.18. The van der Waals surface area contributed by atoms with Gasteiger partial charge in [-0.05, 0) is 18.2 Å². The molecule has 2 heterocycles. The molecule has 0 aliphatic rings. The highest BCUT2D eigenvalue weighted by Crippen LogP contribution is 2.09. The molecule has 1 N–H and O–H groups in total. The minimum atomic E-state index is -1.11. The van der Waals surface area contributed by atoms with E-state index in [0.717, 1.165) is 0 Å². The maximum absolute atomic E-state index is 12.0. The first kappa shape index (κ1) is 10.9. The molecular formula is C12H8N2O3. The van der Waals surface area contributed by atoms with Crippen LogP contribution in [0.5, 0.6) is 0 Å². The molecule has 17 heavy (non-hydrogen) atoms. The molecule has 0 aliphatic heterocycles. The van der Waals surface area contributed by atoms with Crippen molar-refractivity contribution in [2.24, 2.45) is 0 Å². The van der Waals surface area contributed by atoms with E-state index in [-0.39, 0.29) is 16.9 Å². The van der Waals surface area contributed by atoms with Crippen LogP contribution in [0.2, 0.25) is 0 Å². The molecule has 5 heteroatoms. The van der Waals surface area contributed by atoms with Gasteiger partial charge in [0.15, 0.2) is 5.78 Å². The molecular weight excluding hydrogens is 220 g/mol. The Labute approximate surface area is 96.8 Å². The van der Waals surface area contributed by atoms with Crippen molar-refractivity contribution in [2.75, 3.05) is 0 Å². The summed E-state index contributed by atoms with van der Waals surface area (Å²) in [4.78, 5) is 30.3. The highest BCUT2D eigenvalue weighted by atomic mass is 16.4. The van der Waals surface area contributed by atoms with Crippen LogP contribution >= 0.6 is 0 Å². The zero-order chi connectivity index (χ0) is 12.3. The number of carbonyl (C=O) groups excluding carboxylic acids is 1. The summed E-state index contributed by atoms with van der Waals surface area (Å²) in [6, 6.07) is 4.43. The number of rotatable bonds is 3. The lowest BCUT2D eigenvalue weighted by Crippen LogP contribution is -2.05. The molecule has 0 spiro atoms. The van der Waals surface area contributed by atoms with Crippen LogP contribution in [0.25, 0.3) is 0 Å². The molecule has 2 rings (SSSR count). The lowest BCUT2D eigenvalue weighted by molar-refractivity contribution is 0.0696. The van der Waals surface area contributed by atoms with E-state index in [9.17, 15) is 9.59 Å². The number of aromatic nitrogens is 2. The number of ketones is 1. The van der Waals surface area contributed by atoms with Crippen molar-refractivity contribution in [2.45, 2.75) is 0 Å². The highest BCUT2D eigenvalue weighted by Gasteiger charge is 2.11. The van der Waals surface area contributed by atoms with Gasteiger partial charge < -0.3 is 5.11 Å². The zero-order valence-corrected chi connectivity index (χ0v) is 8.70. The molecule has 0 unspecified atom stereocenters. The first-order valence-electron chi connectivity index (χ1n) is 4.81. The lowest BCUT2D eigenvalue weighted by Gasteiger charge is -2.01. The third-order valence-corrected chi connectivity index (χ3v) is 2.19. The van der Waals surface area contributed by atoms with Gasteiger partial charge in [0, 0.05) is 35.9 Å². The monoisotopic (exact) mass is 228 g/mol. The summed E-state index contributed by atoms with van der Waals surface area (Å²) in [5, 5.41) is 8.80. The lowest BCUT2D eigenvalue weighted by atomic mass is 10.1. The van der Waals surface area contributed by atoms with Crippen molar-refractivity contribution in [3.8, 4) is 0 Å². The SMILES string of the molecule is O=C(O)c1cncc(C(=O)c2ccncc2)c1. The van der Waals surface area contributed by atoms with Crippen LogP contribution in [0, 0.1) is 0 Å². The zero-order valence-electron chi connectivity index (χ0n) is 8.70. The van der Waals surface area contributed by atoms with Crippen LogP contribution in [-0.4, -0.2) is 26.8 Å². The first-order valence-corrected chi connectivity index (χ1v) is 4.81. The molecule has 0 saturated carbocycles. The Morgan fingerprint density at radius 2 is 1.59 bits per heavy atom. The highest BCUT2D eigenvalue weighted by molar-refractivity contribution is 6.09. The minimum absolute atomic E-state index is 0.00935. The standard InChI is InChI=1S/C12H8N2O3/c15-11(8-1-3-13-4-2-8)9-5-10(12(16)17)7-14-6-9/h1-7H,(H,16,17). The Morgan fingerprint density at radius 1 is 0.941 bits per heavy atom. The van der Waals surface area contributed by atoms with E-state index in [1.54, 1.807) is 12.1 Å². The third kappa shape index (κ3) is 2.34. The predicted molar refractivity (Wildman–Crippen MR) is 58.9 cm³/mol. The van der Waals surface area contributed by atoms with E-state index in [1.807, 2.05) is 0 Å². The normalized spacial score (nSPS) is 9.88. The van der Waals surface area contributed by atoms with E-state index in [4.69, 9.17) is 5.11 Å². The summed E-state index contributed by atoms with van der Waals surface area (Å²) in [6.45, 7) is 0. The number of aromatic carboxylic acids is 1. The predicted octanol–water partition coefficient (Wildman–Crippen LogP) is 1.41. The number of hydrogen-bond acceptors (Lipinski definition) is 4. The van der Waals surface area contributed by atoms with Gasteiger partial charge in [-0.1, -0.05) is 0 Å². The van der Waals surface area contributed by atoms with Crippen molar-refractivity contribution < 1.29 is 14.7 Å². The van der Waals surface area contributed by atoms with Crippen molar-refractivity contribution >= 4 is 11.8 Å². The second-order valence-electron chi connectivity index (χ2n) is 3.33. The molecule has 84 valence electrons. The molecule has 0 amide bonds. The van der Waals surface area contributed by atoms with Gasteiger partial charge >= 0.3 is 5.97 Å². The maximum Gasteiger partial charge on any atom is 0.337 e. The van der Waals surface area contributed by atoms with Crippen LogP contribution in [0.15, 0.2) is 43.0 Å². The number of nitrogens with zero attached hydrogens (tertiary/aromatic N) is 2. The Morgan fingerprint density at radius 3 is 2.24 bits per heavy atom. The minimum Gasteiger partial charge on any atom is -0.478 e. The van der Waals surface area contributed by atoms with E-state index in [0.29, 0.717) is 5.56 Å². The van der Waals surface area contributed by atoms with Crippen molar-refractivity contribution in [3.05, 3.63) is 59.7 Å². The molecule has 2 aromatic rings. The molecule has 0 atom stereocenters. The van der Waals surface area contributed by atoms with Gasteiger partial charge in [0.2, 0.25) is 0 Å². The quantitative estimate of drug-likeness (QED) is 0.803. The number of carboxylic acids is 1. The maximum atomic E-state index is 12.0. The fourth-order valence-electron chi connectivity index (χ4n) is 1.35. The fraction of sp³-hybridized carbons (Fsp3) is 0. The van der Waals surface area contributed by atoms with Crippen LogP contribution in [0.4, 0.5) is 0 Å². The molecule has 0 bridgehead atoms. The molecule has 2 aromatic heterocycles. The van der Waals surface area contributed by atoms with Gasteiger partial charge in [-0.2, -0.15) is 0 Å². The van der Waals surface area contributed by atoms with Gasteiger partial charge in [0.05, 0.1) is 5.56 Å². The van der Waals surface area contributed by atoms with Crippen LogP contribution < -0.4 is 0 Å². The van der Waals surface area contributed by atoms with Crippen molar-refractivity contribution in [3.63, 3.8) is 0 Å². The Kier molecular flexibility index (Phi) is 2.91. The molecule has 0 aliphatic carbocycles. The topological polar surface area (TPSA) is 80.1 Å². The average molecular weight is 228 g/mol. The van der Waals surface area contributed by atoms with Crippen molar-refractivity contribution in [1.82, 2.24) is 9.97 Å². The summed E-state index contributed by atoms with van der Waals surface area (Å²) >= 11 is 0. The third-order valence-electron chi connectivity index (χ3n) is 2.19. The Hall–Kier alpha value is -2.56. The van der Waals surface area contributed by atoms with Gasteiger partial charge in [-0.15, -0.1) is 0 Å². The van der Waals surface area contributed by atoms with Crippen molar-refractivity contribution in [1.29, 1.82) is 0 Å². The van der Waals surface area contributed by atoms with Crippen LogP contribution in [0.1, 0.15) is 26.3 Å². The van der Waals surface area contributed by atoms with E-state index in [2.05, 4.69) is 9.97 Å².